The van der Waals surface area contributed by atoms with E-state index in [9.17, 15) is 13.8 Å². The molecule has 0 radical (unpaired) electrons. The summed E-state index contributed by atoms with van der Waals surface area (Å²) < 4.78 is 20.5. The number of aromatic nitrogens is 2. The third-order valence-corrected chi connectivity index (χ3v) is 8.04. The fourth-order valence-electron chi connectivity index (χ4n) is 4.73. The SMILES string of the molecule is COC(=O)c1nc(C(O)c2cn(SF)c3c2ccc2ccccc23)sc1N=C(c1ccccc1)c1ccccc1. The fraction of sp³-hybridized carbons (Fsp3) is 0.0645. The number of carbonyl (C=O) groups is 1. The first-order chi connectivity index (χ1) is 19.6. The van der Waals surface area contributed by atoms with Crippen molar-refractivity contribution < 1.29 is 18.5 Å². The Morgan fingerprint density at radius 1 is 0.950 bits per heavy atom. The van der Waals surface area contributed by atoms with Gasteiger partial charge in [0.05, 0.1) is 18.3 Å². The number of rotatable bonds is 7. The Morgan fingerprint density at radius 3 is 2.25 bits per heavy atom. The minimum absolute atomic E-state index is 0.0000308. The normalized spacial score (nSPS) is 12.0. The number of methoxy groups -OCH3 is 1. The largest absolute Gasteiger partial charge is 0.464 e. The lowest BCUT2D eigenvalue weighted by molar-refractivity contribution is 0.0595. The number of fused-ring (bicyclic) bond motifs is 3. The number of carbonyl (C=O) groups excluding carboxylic acids is 1. The van der Waals surface area contributed by atoms with Crippen LogP contribution in [0.25, 0.3) is 21.7 Å². The standard InChI is InChI=1S/C31H22FN3O3S2/c1-38-31(37)26-29(33-25(20-11-4-2-5-12-20)21-13-6-3-7-14-21)39-30(34-26)28(36)24-18-35(40-32)27-22-15-9-8-10-19(22)16-17-23(24)27/h2-18,28,36H,1H3. The number of benzene rings is 4. The summed E-state index contributed by atoms with van der Waals surface area (Å²) in [6.45, 7) is 0. The Morgan fingerprint density at radius 2 is 1.60 bits per heavy atom. The van der Waals surface area contributed by atoms with Gasteiger partial charge in [-0.1, -0.05) is 108 Å². The number of aliphatic imine (C=N–C) groups is 1. The van der Waals surface area contributed by atoms with Crippen molar-refractivity contribution in [3.8, 4) is 0 Å². The molecule has 0 aliphatic carbocycles. The highest BCUT2D eigenvalue weighted by Crippen LogP contribution is 2.40. The number of nitrogens with zero attached hydrogens (tertiary/aromatic N) is 3. The Kier molecular flexibility index (Phi) is 7.17. The van der Waals surface area contributed by atoms with Crippen molar-refractivity contribution >= 4 is 62.0 Å². The third-order valence-electron chi connectivity index (χ3n) is 6.60. The lowest BCUT2D eigenvalue weighted by Crippen LogP contribution is -2.06. The van der Waals surface area contributed by atoms with Gasteiger partial charge in [-0.05, 0) is 5.39 Å². The number of hydrogen-bond donors (Lipinski definition) is 1. The maximum atomic E-state index is 14.1. The second kappa shape index (κ2) is 11.1. The van der Waals surface area contributed by atoms with Crippen LogP contribution in [0.15, 0.2) is 108 Å². The van der Waals surface area contributed by atoms with E-state index in [0.29, 0.717) is 27.2 Å². The second-order valence-electron chi connectivity index (χ2n) is 8.95. The van der Waals surface area contributed by atoms with E-state index >= 15 is 0 Å². The molecule has 0 fully saturated rings. The molecule has 0 aliphatic heterocycles. The number of esters is 1. The highest BCUT2D eigenvalue weighted by atomic mass is 32.2. The van der Waals surface area contributed by atoms with Gasteiger partial charge in [-0.3, -0.25) is 3.97 Å². The summed E-state index contributed by atoms with van der Waals surface area (Å²) >= 11 is 1.15. The number of hydrogen-bond acceptors (Lipinski definition) is 7. The zero-order valence-corrected chi connectivity index (χ0v) is 22.8. The van der Waals surface area contributed by atoms with Crippen LogP contribution in [-0.2, 0) is 4.74 Å². The zero-order valence-electron chi connectivity index (χ0n) is 21.2. The summed E-state index contributed by atoms with van der Waals surface area (Å²) in [5, 5.41) is 14.6. The third kappa shape index (κ3) is 4.68. The summed E-state index contributed by atoms with van der Waals surface area (Å²) in [6, 6.07) is 30.7. The van der Waals surface area contributed by atoms with E-state index in [0.717, 1.165) is 33.2 Å². The molecule has 2 heterocycles. The molecular formula is C31H22FN3O3S2. The molecule has 0 bridgehead atoms. The smallest absolute Gasteiger partial charge is 0.359 e. The molecule has 9 heteroatoms. The van der Waals surface area contributed by atoms with Gasteiger partial charge in [-0.25, -0.2) is 14.8 Å². The maximum Gasteiger partial charge on any atom is 0.359 e. The van der Waals surface area contributed by atoms with Crippen LogP contribution in [-0.4, -0.2) is 32.9 Å². The predicted octanol–water partition coefficient (Wildman–Crippen LogP) is 7.67. The lowest BCUT2D eigenvalue weighted by Gasteiger charge is -2.07. The number of aliphatic hydroxyl groups is 1. The van der Waals surface area contributed by atoms with Crippen LogP contribution in [0.4, 0.5) is 8.89 Å². The molecule has 1 unspecified atom stereocenters. The van der Waals surface area contributed by atoms with Crippen LogP contribution in [0, 0.1) is 0 Å². The molecule has 1 atom stereocenters. The lowest BCUT2D eigenvalue weighted by atomic mass is 10.0. The summed E-state index contributed by atoms with van der Waals surface area (Å²) in [6.07, 6.45) is 0.333. The molecular weight excluding hydrogens is 545 g/mol. The van der Waals surface area contributed by atoms with Gasteiger partial charge in [-0.2, -0.15) is 0 Å². The van der Waals surface area contributed by atoms with E-state index in [1.54, 1.807) is 6.20 Å². The first kappa shape index (κ1) is 25.9. The highest BCUT2D eigenvalue weighted by molar-refractivity contribution is 7.92. The quantitative estimate of drug-likeness (QED) is 0.158. The summed E-state index contributed by atoms with van der Waals surface area (Å²) in [4.78, 5) is 22.1. The van der Waals surface area contributed by atoms with Crippen molar-refractivity contribution in [2.24, 2.45) is 4.99 Å². The van der Waals surface area contributed by atoms with Crippen molar-refractivity contribution in [3.05, 3.63) is 131 Å². The molecule has 0 aliphatic rings. The topological polar surface area (TPSA) is 76.7 Å². The second-order valence-corrected chi connectivity index (χ2v) is 10.5. The van der Waals surface area contributed by atoms with E-state index in [1.807, 2.05) is 97.1 Å². The summed E-state index contributed by atoms with van der Waals surface area (Å²) in [5.41, 5.74) is 3.48. The van der Waals surface area contributed by atoms with Gasteiger partial charge in [0.25, 0.3) is 0 Å². The monoisotopic (exact) mass is 567 g/mol. The molecule has 6 nitrogen and oxygen atoms in total. The Bertz CT molecular complexity index is 1830. The van der Waals surface area contributed by atoms with Crippen molar-refractivity contribution in [3.63, 3.8) is 0 Å². The van der Waals surface area contributed by atoms with E-state index < -0.39 is 12.1 Å². The van der Waals surface area contributed by atoms with Crippen molar-refractivity contribution in [2.45, 2.75) is 6.10 Å². The Balaban J connectivity index is 1.51. The van der Waals surface area contributed by atoms with Crippen molar-refractivity contribution in [1.82, 2.24) is 8.96 Å². The van der Waals surface area contributed by atoms with Crippen LogP contribution in [0.2, 0.25) is 0 Å². The van der Waals surface area contributed by atoms with Gasteiger partial charge in [0.2, 0.25) is 0 Å². The van der Waals surface area contributed by atoms with Crippen LogP contribution >= 0.6 is 23.7 Å². The number of thiazole rings is 1. The molecule has 4 aromatic carbocycles. The first-order valence-electron chi connectivity index (χ1n) is 12.4. The molecule has 1 N–H and O–H groups in total. The number of aliphatic hydroxyl groups excluding tert-OH is 1. The summed E-state index contributed by atoms with van der Waals surface area (Å²) in [5.74, 6) is -0.665. The molecule has 0 amide bonds. The fourth-order valence-corrected chi connectivity index (χ4v) is 6.09. The molecule has 0 saturated carbocycles. The number of halogens is 1. The molecule has 6 rings (SSSR count). The number of ether oxygens (including phenoxy) is 1. The minimum atomic E-state index is -1.23. The molecule has 2 aromatic heterocycles. The molecule has 6 aromatic rings. The van der Waals surface area contributed by atoms with Gasteiger partial charge >= 0.3 is 5.97 Å². The van der Waals surface area contributed by atoms with E-state index in [2.05, 4.69) is 4.98 Å². The molecule has 40 heavy (non-hydrogen) atoms. The van der Waals surface area contributed by atoms with Gasteiger partial charge in [-0.15, -0.1) is 3.89 Å². The summed E-state index contributed by atoms with van der Waals surface area (Å²) in [7, 11) is 1.28. The van der Waals surface area contributed by atoms with Gasteiger partial charge in [0.15, 0.2) is 23.0 Å². The van der Waals surface area contributed by atoms with Crippen LogP contribution in [0.1, 0.15) is 38.3 Å². The van der Waals surface area contributed by atoms with Crippen LogP contribution in [0.5, 0.6) is 0 Å². The Labute approximate surface area is 237 Å². The Hall–Kier alpha value is -4.31. The average Bonchev–Trinajstić information content (AvgIpc) is 3.62. The van der Waals surface area contributed by atoms with E-state index in [4.69, 9.17) is 9.73 Å². The first-order valence-corrected chi connectivity index (χ1v) is 13.9. The maximum absolute atomic E-state index is 14.1. The van der Waals surface area contributed by atoms with E-state index in [-0.39, 0.29) is 23.0 Å². The van der Waals surface area contributed by atoms with Crippen LogP contribution in [0.3, 0.4) is 0 Å². The van der Waals surface area contributed by atoms with Gasteiger partial charge in [0.1, 0.15) is 11.1 Å². The highest BCUT2D eigenvalue weighted by Gasteiger charge is 2.27. The molecule has 0 spiro atoms. The average molecular weight is 568 g/mol. The minimum Gasteiger partial charge on any atom is -0.464 e. The molecule has 0 saturated heterocycles. The van der Waals surface area contributed by atoms with E-state index in [1.165, 1.54) is 11.1 Å². The molecule has 198 valence electrons. The zero-order chi connectivity index (χ0) is 27.6. The van der Waals surface area contributed by atoms with Crippen LogP contribution < -0.4 is 0 Å². The van der Waals surface area contributed by atoms with Crippen molar-refractivity contribution in [1.29, 1.82) is 0 Å². The van der Waals surface area contributed by atoms with Crippen molar-refractivity contribution in [2.75, 3.05) is 7.11 Å². The van der Waals surface area contributed by atoms with Gasteiger partial charge < -0.3 is 9.84 Å². The van der Waals surface area contributed by atoms with Gasteiger partial charge in [0, 0.05) is 33.7 Å². The predicted molar refractivity (Wildman–Crippen MR) is 159 cm³/mol.